The van der Waals surface area contributed by atoms with Crippen molar-refractivity contribution < 1.29 is 13.6 Å². The first-order valence-electron chi connectivity index (χ1n) is 7.18. The van der Waals surface area contributed by atoms with Crippen LogP contribution in [0.25, 0.3) is 0 Å². The van der Waals surface area contributed by atoms with Crippen molar-refractivity contribution in [2.24, 2.45) is 7.05 Å². The number of aromatic nitrogens is 2. The van der Waals surface area contributed by atoms with Gasteiger partial charge < -0.3 is 4.90 Å². The van der Waals surface area contributed by atoms with Gasteiger partial charge in [-0.25, -0.2) is 8.78 Å². The Kier molecular flexibility index (Phi) is 5.25. The third-order valence-corrected chi connectivity index (χ3v) is 3.33. The van der Waals surface area contributed by atoms with Crippen LogP contribution >= 0.6 is 0 Å². The van der Waals surface area contributed by atoms with Gasteiger partial charge in [0.2, 0.25) is 5.91 Å². The Balaban J connectivity index is 2.10. The summed E-state index contributed by atoms with van der Waals surface area (Å²) in [6.45, 7) is 2.94. The van der Waals surface area contributed by atoms with Gasteiger partial charge in [0.1, 0.15) is 11.6 Å². The zero-order valence-corrected chi connectivity index (χ0v) is 12.7. The summed E-state index contributed by atoms with van der Waals surface area (Å²) >= 11 is 0. The molecule has 0 atom stereocenters. The fourth-order valence-electron chi connectivity index (χ4n) is 2.29. The Hall–Kier alpha value is -2.24. The van der Waals surface area contributed by atoms with E-state index in [2.05, 4.69) is 5.10 Å². The molecule has 4 nitrogen and oxygen atoms in total. The molecule has 0 spiro atoms. The topological polar surface area (TPSA) is 38.1 Å². The Morgan fingerprint density at radius 1 is 1.36 bits per heavy atom. The van der Waals surface area contributed by atoms with Crippen LogP contribution in [0.1, 0.15) is 24.5 Å². The molecule has 0 aliphatic heterocycles. The van der Waals surface area contributed by atoms with E-state index in [9.17, 15) is 13.6 Å². The smallest absolute Gasteiger partial charge is 0.227 e. The minimum absolute atomic E-state index is 0.0808. The van der Waals surface area contributed by atoms with Crippen molar-refractivity contribution in [2.75, 3.05) is 6.54 Å². The van der Waals surface area contributed by atoms with Crippen LogP contribution in [0.4, 0.5) is 8.78 Å². The van der Waals surface area contributed by atoms with Crippen LogP contribution < -0.4 is 0 Å². The highest BCUT2D eigenvalue weighted by Crippen LogP contribution is 2.13. The summed E-state index contributed by atoms with van der Waals surface area (Å²) in [5, 5.41) is 4.07. The standard InChI is InChI=1S/C16H19F2N3O/c1-3-6-21(11-12-9-19-20(2)10-12)16(22)8-13-7-14(17)4-5-15(13)18/h4-5,7,9-10H,3,6,8,11H2,1-2H3. The summed E-state index contributed by atoms with van der Waals surface area (Å²) in [4.78, 5) is 14.0. The van der Waals surface area contributed by atoms with E-state index in [1.54, 1.807) is 22.8 Å². The number of nitrogens with zero attached hydrogens (tertiary/aromatic N) is 3. The molecule has 0 bridgehead atoms. The predicted octanol–water partition coefficient (Wildman–Crippen LogP) is 2.68. The molecular formula is C16H19F2N3O. The van der Waals surface area contributed by atoms with Gasteiger partial charge in [0.25, 0.3) is 0 Å². The van der Waals surface area contributed by atoms with Gasteiger partial charge in [-0.2, -0.15) is 5.10 Å². The molecule has 22 heavy (non-hydrogen) atoms. The van der Waals surface area contributed by atoms with E-state index in [4.69, 9.17) is 0 Å². The zero-order chi connectivity index (χ0) is 16.1. The van der Waals surface area contributed by atoms with E-state index in [0.29, 0.717) is 13.1 Å². The number of halogens is 2. The zero-order valence-electron chi connectivity index (χ0n) is 12.7. The molecule has 0 fully saturated rings. The quantitative estimate of drug-likeness (QED) is 0.823. The van der Waals surface area contributed by atoms with Crippen molar-refractivity contribution in [1.82, 2.24) is 14.7 Å². The van der Waals surface area contributed by atoms with Crippen LogP contribution in [-0.2, 0) is 24.8 Å². The van der Waals surface area contributed by atoms with Crippen LogP contribution in [0, 0.1) is 11.6 Å². The van der Waals surface area contributed by atoms with E-state index in [0.717, 1.165) is 30.2 Å². The molecule has 2 aromatic rings. The molecule has 0 aliphatic rings. The van der Waals surface area contributed by atoms with Crippen LogP contribution in [0.15, 0.2) is 30.6 Å². The van der Waals surface area contributed by atoms with E-state index < -0.39 is 11.6 Å². The van der Waals surface area contributed by atoms with Crippen molar-refractivity contribution in [1.29, 1.82) is 0 Å². The highest BCUT2D eigenvalue weighted by molar-refractivity contribution is 5.78. The SMILES string of the molecule is CCCN(Cc1cnn(C)c1)C(=O)Cc1cc(F)ccc1F. The Morgan fingerprint density at radius 3 is 2.77 bits per heavy atom. The third-order valence-electron chi connectivity index (χ3n) is 3.33. The molecule has 1 aromatic heterocycles. The average Bonchev–Trinajstić information content (AvgIpc) is 2.88. The molecule has 0 aliphatic carbocycles. The third kappa shape index (κ3) is 4.13. The second kappa shape index (κ2) is 7.15. The maximum atomic E-state index is 13.7. The lowest BCUT2D eigenvalue weighted by atomic mass is 10.1. The first-order valence-corrected chi connectivity index (χ1v) is 7.18. The highest BCUT2D eigenvalue weighted by Gasteiger charge is 2.17. The summed E-state index contributed by atoms with van der Waals surface area (Å²) < 4.78 is 28.5. The second-order valence-corrected chi connectivity index (χ2v) is 5.25. The van der Waals surface area contributed by atoms with Crippen LogP contribution in [0.2, 0.25) is 0 Å². The molecule has 6 heteroatoms. The van der Waals surface area contributed by atoms with E-state index >= 15 is 0 Å². The number of benzene rings is 1. The molecule has 0 N–H and O–H groups in total. The van der Waals surface area contributed by atoms with Gasteiger partial charge >= 0.3 is 0 Å². The number of amides is 1. The van der Waals surface area contributed by atoms with E-state index in [-0.39, 0.29) is 17.9 Å². The molecule has 1 heterocycles. The number of carbonyl (C=O) groups is 1. The number of hydrogen-bond donors (Lipinski definition) is 0. The van der Waals surface area contributed by atoms with Gasteiger partial charge in [0, 0.05) is 37.5 Å². The number of carbonyl (C=O) groups excluding carboxylic acids is 1. The van der Waals surface area contributed by atoms with Gasteiger partial charge in [-0.3, -0.25) is 9.48 Å². The number of hydrogen-bond acceptors (Lipinski definition) is 2. The molecular weight excluding hydrogens is 288 g/mol. The summed E-state index contributed by atoms with van der Waals surface area (Å²) in [5.74, 6) is -1.33. The lowest BCUT2D eigenvalue weighted by molar-refractivity contribution is -0.131. The first-order chi connectivity index (χ1) is 10.5. The summed E-state index contributed by atoms with van der Waals surface area (Å²) in [7, 11) is 1.80. The summed E-state index contributed by atoms with van der Waals surface area (Å²) in [5.41, 5.74) is 0.987. The summed E-state index contributed by atoms with van der Waals surface area (Å²) in [6.07, 6.45) is 4.17. The summed E-state index contributed by atoms with van der Waals surface area (Å²) in [6, 6.07) is 3.16. The highest BCUT2D eigenvalue weighted by atomic mass is 19.1. The maximum Gasteiger partial charge on any atom is 0.227 e. The monoisotopic (exact) mass is 307 g/mol. The lowest BCUT2D eigenvalue weighted by Crippen LogP contribution is -2.32. The lowest BCUT2D eigenvalue weighted by Gasteiger charge is -2.21. The van der Waals surface area contributed by atoms with Crippen molar-refractivity contribution in [3.05, 3.63) is 53.4 Å². The Morgan fingerprint density at radius 2 is 2.14 bits per heavy atom. The molecule has 1 aromatic carbocycles. The molecule has 2 rings (SSSR count). The van der Waals surface area contributed by atoms with Gasteiger partial charge in [-0.15, -0.1) is 0 Å². The minimum atomic E-state index is -0.562. The maximum absolute atomic E-state index is 13.7. The van der Waals surface area contributed by atoms with Crippen molar-refractivity contribution in [3.63, 3.8) is 0 Å². The molecule has 0 saturated heterocycles. The predicted molar refractivity (Wildman–Crippen MR) is 79.0 cm³/mol. The average molecular weight is 307 g/mol. The first kappa shape index (κ1) is 16.1. The number of aryl methyl sites for hydroxylation is 1. The van der Waals surface area contributed by atoms with Crippen LogP contribution in [-0.4, -0.2) is 27.1 Å². The minimum Gasteiger partial charge on any atom is -0.338 e. The number of rotatable bonds is 6. The van der Waals surface area contributed by atoms with Crippen molar-refractivity contribution in [3.8, 4) is 0 Å². The van der Waals surface area contributed by atoms with Crippen molar-refractivity contribution >= 4 is 5.91 Å². The largest absolute Gasteiger partial charge is 0.338 e. The molecule has 1 amide bonds. The fraction of sp³-hybridized carbons (Fsp3) is 0.375. The molecule has 118 valence electrons. The van der Waals surface area contributed by atoms with E-state index in [1.165, 1.54) is 0 Å². The van der Waals surface area contributed by atoms with Crippen molar-refractivity contribution in [2.45, 2.75) is 26.3 Å². The molecule has 0 saturated carbocycles. The van der Waals surface area contributed by atoms with Crippen LogP contribution in [0.5, 0.6) is 0 Å². The van der Waals surface area contributed by atoms with Gasteiger partial charge in [-0.1, -0.05) is 6.92 Å². The molecule has 0 unspecified atom stereocenters. The Bertz CT molecular complexity index is 655. The van der Waals surface area contributed by atoms with Gasteiger partial charge in [-0.05, 0) is 24.6 Å². The van der Waals surface area contributed by atoms with Gasteiger partial charge in [0.15, 0.2) is 0 Å². The fourth-order valence-corrected chi connectivity index (χ4v) is 2.29. The van der Waals surface area contributed by atoms with E-state index in [1.807, 2.05) is 13.1 Å². The second-order valence-electron chi connectivity index (χ2n) is 5.25. The van der Waals surface area contributed by atoms with Gasteiger partial charge in [0.05, 0.1) is 12.6 Å². The normalized spacial score (nSPS) is 10.7. The Labute approximate surface area is 128 Å². The molecule has 0 radical (unpaired) electrons. The van der Waals surface area contributed by atoms with Crippen LogP contribution in [0.3, 0.4) is 0 Å².